The number of unbranched alkanes of at least 4 members (excludes halogenated alkanes) is 5. The predicted molar refractivity (Wildman–Crippen MR) is 74.5 cm³/mol. The highest BCUT2D eigenvalue weighted by molar-refractivity contribution is 5.20. The Morgan fingerprint density at radius 1 is 1.11 bits per heavy atom. The SMILES string of the molecule is CCCCCCCCC(NN)c1ccccc1F. The number of rotatable bonds is 9. The molecule has 3 heteroatoms. The summed E-state index contributed by atoms with van der Waals surface area (Å²) >= 11 is 0. The van der Waals surface area contributed by atoms with E-state index in [1.807, 2.05) is 6.07 Å². The predicted octanol–water partition coefficient (Wildman–Crippen LogP) is 4.08. The van der Waals surface area contributed by atoms with E-state index in [1.54, 1.807) is 12.1 Å². The molecule has 0 aliphatic carbocycles. The Labute approximate surface area is 110 Å². The molecule has 0 spiro atoms. The summed E-state index contributed by atoms with van der Waals surface area (Å²) in [6, 6.07) is 6.77. The van der Waals surface area contributed by atoms with Gasteiger partial charge in [0.05, 0.1) is 0 Å². The number of nitrogens with one attached hydrogen (secondary N) is 1. The van der Waals surface area contributed by atoms with Crippen molar-refractivity contribution in [2.45, 2.75) is 57.9 Å². The van der Waals surface area contributed by atoms with Crippen LogP contribution in [0.15, 0.2) is 24.3 Å². The van der Waals surface area contributed by atoms with Crippen LogP contribution in [-0.4, -0.2) is 0 Å². The molecule has 18 heavy (non-hydrogen) atoms. The zero-order valence-electron chi connectivity index (χ0n) is 11.3. The summed E-state index contributed by atoms with van der Waals surface area (Å²) in [5.74, 6) is 5.34. The lowest BCUT2D eigenvalue weighted by atomic mass is 9.99. The lowest BCUT2D eigenvalue weighted by Crippen LogP contribution is -2.28. The summed E-state index contributed by atoms with van der Waals surface area (Å²) in [6.07, 6.45) is 8.33. The van der Waals surface area contributed by atoms with Gasteiger partial charge in [-0.05, 0) is 12.5 Å². The van der Waals surface area contributed by atoms with Crippen LogP contribution in [0.25, 0.3) is 0 Å². The third-order valence-corrected chi connectivity index (χ3v) is 3.33. The number of benzene rings is 1. The summed E-state index contributed by atoms with van der Waals surface area (Å²) in [5, 5.41) is 0. The number of halogens is 1. The molecule has 3 N–H and O–H groups in total. The van der Waals surface area contributed by atoms with Gasteiger partial charge in [0.1, 0.15) is 5.82 Å². The molecule has 0 radical (unpaired) electrons. The van der Waals surface area contributed by atoms with E-state index in [0.717, 1.165) is 12.8 Å². The molecule has 1 unspecified atom stereocenters. The summed E-state index contributed by atoms with van der Waals surface area (Å²) in [4.78, 5) is 0. The largest absolute Gasteiger partial charge is 0.271 e. The minimum absolute atomic E-state index is 0.0719. The molecule has 1 atom stereocenters. The fourth-order valence-electron chi connectivity index (χ4n) is 2.22. The molecule has 0 saturated carbocycles. The maximum absolute atomic E-state index is 13.6. The Morgan fingerprint density at radius 3 is 2.44 bits per heavy atom. The van der Waals surface area contributed by atoms with Crippen LogP contribution >= 0.6 is 0 Å². The van der Waals surface area contributed by atoms with Crippen LogP contribution in [0, 0.1) is 5.82 Å². The minimum Gasteiger partial charge on any atom is -0.271 e. The number of nitrogens with two attached hydrogens (primary N) is 1. The summed E-state index contributed by atoms with van der Waals surface area (Å²) < 4.78 is 13.6. The smallest absolute Gasteiger partial charge is 0.128 e. The molecule has 0 saturated heterocycles. The van der Waals surface area contributed by atoms with Crippen LogP contribution in [0.1, 0.15) is 63.5 Å². The van der Waals surface area contributed by atoms with Crippen LogP contribution in [0.2, 0.25) is 0 Å². The van der Waals surface area contributed by atoms with Crippen LogP contribution in [0.3, 0.4) is 0 Å². The second-order valence-electron chi connectivity index (χ2n) is 4.80. The van der Waals surface area contributed by atoms with Crippen LogP contribution < -0.4 is 11.3 Å². The number of hydrogen-bond donors (Lipinski definition) is 2. The lowest BCUT2D eigenvalue weighted by Gasteiger charge is -2.16. The average molecular weight is 252 g/mol. The fraction of sp³-hybridized carbons (Fsp3) is 0.600. The molecule has 2 nitrogen and oxygen atoms in total. The van der Waals surface area contributed by atoms with Gasteiger partial charge in [-0.1, -0.05) is 63.6 Å². The standard InChI is InChI=1S/C15H25FN2/c1-2-3-4-5-6-7-12-15(18-17)13-10-8-9-11-14(13)16/h8-11,15,18H,2-7,12,17H2,1H3. The highest BCUT2D eigenvalue weighted by Gasteiger charge is 2.12. The van der Waals surface area contributed by atoms with Gasteiger partial charge >= 0.3 is 0 Å². The highest BCUT2D eigenvalue weighted by atomic mass is 19.1. The molecule has 0 fully saturated rings. The van der Waals surface area contributed by atoms with Crippen molar-refractivity contribution in [3.05, 3.63) is 35.6 Å². The Hall–Kier alpha value is -0.930. The molecule has 0 aliphatic heterocycles. The van der Waals surface area contributed by atoms with Crippen molar-refractivity contribution < 1.29 is 4.39 Å². The third kappa shape index (κ3) is 5.15. The van der Waals surface area contributed by atoms with Gasteiger partial charge in [-0.2, -0.15) is 0 Å². The second-order valence-corrected chi connectivity index (χ2v) is 4.80. The van der Waals surface area contributed by atoms with E-state index in [2.05, 4.69) is 12.3 Å². The molecular formula is C15H25FN2. The van der Waals surface area contributed by atoms with Gasteiger partial charge in [0.25, 0.3) is 0 Å². The first-order chi connectivity index (χ1) is 8.79. The summed E-state index contributed by atoms with van der Waals surface area (Å²) in [6.45, 7) is 2.21. The van der Waals surface area contributed by atoms with E-state index in [-0.39, 0.29) is 11.9 Å². The molecule has 1 aromatic carbocycles. The van der Waals surface area contributed by atoms with Crippen molar-refractivity contribution in [1.82, 2.24) is 5.43 Å². The van der Waals surface area contributed by atoms with Crippen molar-refractivity contribution in [3.8, 4) is 0 Å². The Bertz CT molecular complexity index is 328. The molecule has 1 aromatic rings. The molecule has 1 rings (SSSR count). The van der Waals surface area contributed by atoms with Gasteiger partial charge in [0.15, 0.2) is 0 Å². The first-order valence-electron chi connectivity index (χ1n) is 7.00. The van der Waals surface area contributed by atoms with Crippen molar-refractivity contribution in [2.24, 2.45) is 5.84 Å². The summed E-state index contributed by atoms with van der Waals surface area (Å²) in [7, 11) is 0. The van der Waals surface area contributed by atoms with Gasteiger partial charge in [-0.15, -0.1) is 0 Å². The molecule has 0 heterocycles. The van der Waals surface area contributed by atoms with Crippen molar-refractivity contribution in [2.75, 3.05) is 0 Å². The van der Waals surface area contributed by atoms with E-state index >= 15 is 0 Å². The van der Waals surface area contributed by atoms with E-state index in [4.69, 9.17) is 5.84 Å². The van der Waals surface area contributed by atoms with Gasteiger partial charge in [0.2, 0.25) is 0 Å². The van der Waals surface area contributed by atoms with E-state index < -0.39 is 0 Å². The topological polar surface area (TPSA) is 38.0 Å². The zero-order valence-corrected chi connectivity index (χ0v) is 11.3. The molecular weight excluding hydrogens is 227 g/mol. The maximum atomic E-state index is 13.6. The van der Waals surface area contributed by atoms with Crippen molar-refractivity contribution >= 4 is 0 Å². The average Bonchev–Trinajstić information content (AvgIpc) is 2.39. The normalized spacial score (nSPS) is 12.6. The monoisotopic (exact) mass is 252 g/mol. The first kappa shape index (κ1) is 15.1. The van der Waals surface area contributed by atoms with Crippen molar-refractivity contribution in [3.63, 3.8) is 0 Å². The second kappa shape index (κ2) is 9.06. The highest BCUT2D eigenvalue weighted by Crippen LogP contribution is 2.22. The Kier molecular flexibility index (Phi) is 7.62. The fourth-order valence-corrected chi connectivity index (χ4v) is 2.22. The minimum atomic E-state index is -0.175. The molecule has 0 aliphatic rings. The third-order valence-electron chi connectivity index (χ3n) is 3.33. The molecule has 102 valence electrons. The first-order valence-corrected chi connectivity index (χ1v) is 7.00. The Balaban J connectivity index is 2.32. The van der Waals surface area contributed by atoms with E-state index in [0.29, 0.717) is 5.56 Å². The lowest BCUT2D eigenvalue weighted by molar-refractivity contribution is 0.457. The van der Waals surface area contributed by atoms with Crippen LogP contribution in [0.5, 0.6) is 0 Å². The van der Waals surface area contributed by atoms with Gasteiger partial charge in [-0.25, -0.2) is 4.39 Å². The molecule has 0 bridgehead atoms. The van der Waals surface area contributed by atoms with Gasteiger partial charge < -0.3 is 0 Å². The van der Waals surface area contributed by atoms with Crippen LogP contribution in [0.4, 0.5) is 4.39 Å². The maximum Gasteiger partial charge on any atom is 0.128 e. The quantitative estimate of drug-likeness (QED) is 0.395. The Morgan fingerprint density at radius 2 is 1.78 bits per heavy atom. The zero-order chi connectivity index (χ0) is 13.2. The van der Waals surface area contributed by atoms with Crippen molar-refractivity contribution in [1.29, 1.82) is 0 Å². The van der Waals surface area contributed by atoms with E-state index in [9.17, 15) is 4.39 Å². The number of hydrazine groups is 1. The van der Waals surface area contributed by atoms with Crippen LogP contribution in [-0.2, 0) is 0 Å². The molecule has 0 amide bonds. The van der Waals surface area contributed by atoms with Gasteiger partial charge in [-0.3, -0.25) is 11.3 Å². The molecule has 0 aromatic heterocycles. The number of hydrogen-bond acceptors (Lipinski definition) is 2. The summed E-state index contributed by atoms with van der Waals surface area (Å²) in [5.41, 5.74) is 3.40. The van der Waals surface area contributed by atoms with E-state index in [1.165, 1.54) is 38.2 Å². The van der Waals surface area contributed by atoms with Gasteiger partial charge in [0, 0.05) is 11.6 Å².